The minimum Gasteiger partial charge on any atom is -0.451 e. The lowest BCUT2D eigenvalue weighted by atomic mass is 10.1. The molecular formula is C16H13IN2O2. The molecule has 0 aliphatic heterocycles. The number of anilines is 1. The number of carbonyl (C=O) groups excluding carboxylic acids is 1. The molecule has 1 heterocycles. The van der Waals surface area contributed by atoms with Gasteiger partial charge in [0.2, 0.25) is 0 Å². The van der Waals surface area contributed by atoms with Gasteiger partial charge >= 0.3 is 0 Å². The van der Waals surface area contributed by atoms with Crippen molar-refractivity contribution in [2.75, 3.05) is 5.32 Å². The van der Waals surface area contributed by atoms with E-state index in [9.17, 15) is 4.79 Å². The molecule has 1 amide bonds. The van der Waals surface area contributed by atoms with E-state index in [0.717, 1.165) is 11.1 Å². The zero-order valence-corrected chi connectivity index (χ0v) is 13.8. The molecule has 5 heteroatoms. The number of hydrogen-bond donors (Lipinski definition) is 1. The van der Waals surface area contributed by atoms with Gasteiger partial charge in [-0.15, -0.1) is 0 Å². The first-order chi connectivity index (χ1) is 9.97. The molecule has 1 aromatic heterocycles. The summed E-state index contributed by atoms with van der Waals surface area (Å²) in [6, 6.07) is 11.1. The first-order valence-electron chi connectivity index (χ1n) is 6.25. The van der Waals surface area contributed by atoms with Gasteiger partial charge < -0.3 is 9.73 Å². The van der Waals surface area contributed by atoms with Crippen molar-refractivity contribution in [1.29, 1.82) is 5.26 Å². The Balaban J connectivity index is 2.21. The van der Waals surface area contributed by atoms with Crippen LogP contribution in [0.3, 0.4) is 0 Å². The van der Waals surface area contributed by atoms with Crippen LogP contribution in [0, 0.1) is 28.9 Å². The van der Waals surface area contributed by atoms with E-state index in [1.165, 1.54) is 6.08 Å². The third-order valence-corrected chi connectivity index (χ3v) is 3.30. The third-order valence-electron chi connectivity index (χ3n) is 2.73. The van der Waals surface area contributed by atoms with Crippen molar-refractivity contribution in [2.45, 2.75) is 13.8 Å². The van der Waals surface area contributed by atoms with Crippen LogP contribution in [0.2, 0.25) is 0 Å². The number of nitrogens with zero attached hydrogens (tertiary/aromatic N) is 1. The van der Waals surface area contributed by atoms with Crippen molar-refractivity contribution >= 4 is 40.3 Å². The topological polar surface area (TPSA) is 66.0 Å². The summed E-state index contributed by atoms with van der Waals surface area (Å²) < 4.78 is 6.03. The van der Waals surface area contributed by atoms with Gasteiger partial charge in [-0.2, -0.15) is 5.26 Å². The molecule has 0 radical (unpaired) electrons. The summed E-state index contributed by atoms with van der Waals surface area (Å²) in [5, 5.41) is 11.9. The number of nitrogens with one attached hydrogen (secondary N) is 1. The van der Waals surface area contributed by atoms with Gasteiger partial charge in [-0.1, -0.05) is 6.07 Å². The van der Waals surface area contributed by atoms with Gasteiger partial charge in [0.15, 0.2) is 3.77 Å². The van der Waals surface area contributed by atoms with Crippen molar-refractivity contribution in [3.63, 3.8) is 0 Å². The Morgan fingerprint density at radius 2 is 1.95 bits per heavy atom. The average molecular weight is 392 g/mol. The Hall–Kier alpha value is -2.07. The zero-order valence-electron chi connectivity index (χ0n) is 11.6. The van der Waals surface area contributed by atoms with Crippen LogP contribution < -0.4 is 5.32 Å². The fourth-order valence-corrected chi connectivity index (χ4v) is 2.38. The molecule has 2 rings (SSSR count). The highest BCUT2D eigenvalue weighted by molar-refractivity contribution is 14.1. The summed E-state index contributed by atoms with van der Waals surface area (Å²) in [5.41, 5.74) is 2.77. The number of carbonyl (C=O) groups is 1. The quantitative estimate of drug-likeness (QED) is 0.487. The number of amides is 1. The van der Waals surface area contributed by atoms with E-state index in [1.54, 1.807) is 12.1 Å². The second kappa shape index (κ2) is 6.59. The van der Waals surface area contributed by atoms with Gasteiger partial charge in [-0.25, -0.2) is 0 Å². The zero-order chi connectivity index (χ0) is 15.4. The molecule has 0 unspecified atom stereocenters. The van der Waals surface area contributed by atoms with E-state index >= 15 is 0 Å². The van der Waals surface area contributed by atoms with E-state index < -0.39 is 5.91 Å². The maximum atomic E-state index is 12.1. The lowest BCUT2D eigenvalue weighted by molar-refractivity contribution is -0.112. The summed E-state index contributed by atoms with van der Waals surface area (Å²) in [4.78, 5) is 12.1. The number of nitriles is 1. The van der Waals surface area contributed by atoms with E-state index in [2.05, 4.69) is 5.32 Å². The van der Waals surface area contributed by atoms with Gasteiger partial charge in [0.05, 0.1) is 0 Å². The molecular weight excluding hydrogens is 379 g/mol. The van der Waals surface area contributed by atoms with Crippen LogP contribution in [0.5, 0.6) is 0 Å². The number of furan rings is 1. The van der Waals surface area contributed by atoms with Crippen molar-refractivity contribution < 1.29 is 9.21 Å². The summed E-state index contributed by atoms with van der Waals surface area (Å²) >= 11 is 2.02. The second-order valence-corrected chi connectivity index (χ2v) is 5.71. The molecule has 1 N–H and O–H groups in total. The molecule has 0 fully saturated rings. The largest absolute Gasteiger partial charge is 0.451 e. The lowest BCUT2D eigenvalue weighted by Crippen LogP contribution is -2.13. The fraction of sp³-hybridized carbons (Fsp3) is 0.125. The standard InChI is InChI=1S/C16H13IN2O2/c1-10-5-11(2)7-13(6-10)19-16(20)12(9-18)8-14-3-4-15(17)21-14/h3-8H,1-2H3,(H,19,20)/b12-8-. The van der Waals surface area contributed by atoms with E-state index in [4.69, 9.17) is 9.68 Å². The van der Waals surface area contributed by atoms with Gasteiger partial charge in [0.25, 0.3) is 5.91 Å². The normalized spacial score (nSPS) is 11.0. The van der Waals surface area contributed by atoms with Crippen molar-refractivity contribution in [1.82, 2.24) is 0 Å². The molecule has 0 bridgehead atoms. The predicted octanol–water partition coefficient (Wildman–Crippen LogP) is 4.05. The highest BCUT2D eigenvalue weighted by atomic mass is 127. The van der Waals surface area contributed by atoms with Crippen LogP contribution in [0.1, 0.15) is 16.9 Å². The minimum absolute atomic E-state index is 0.0000841. The lowest BCUT2D eigenvalue weighted by Gasteiger charge is -2.06. The van der Waals surface area contributed by atoms with Gasteiger partial charge in [0, 0.05) is 11.8 Å². The maximum absolute atomic E-state index is 12.1. The fourth-order valence-electron chi connectivity index (χ4n) is 1.94. The molecule has 106 valence electrons. The van der Waals surface area contributed by atoms with Crippen LogP contribution in [0.25, 0.3) is 6.08 Å². The minimum atomic E-state index is -0.450. The van der Waals surface area contributed by atoms with Crippen LogP contribution >= 0.6 is 22.6 Å². The SMILES string of the molecule is Cc1cc(C)cc(NC(=O)/C(C#N)=C\c2ccc(I)o2)c1. The van der Waals surface area contributed by atoms with Gasteiger partial charge in [0.1, 0.15) is 17.4 Å². The molecule has 0 aliphatic rings. The Morgan fingerprint density at radius 1 is 1.29 bits per heavy atom. The van der Waals surface area contributed by atoms with E-state index in [0.29, 0.717) is 15.2 Å². The molecule has 1 aromatic carbocycles. The van der Waals surface area contributed by atoms with Crippen LogP contribution in [0.15, 0.2) is 40.3 Å². The highest BCUT2D eigenvalue weighted by Crippen LogP contribution is 2.17. The number of benzene rings is 1. The summed E-state index contributed by atoms with van der Waals surface area (Å²) in [6.07, 6.45) is 1.43. The van der Waals surface area contributed by atoms with Gasteiger partial charge in [-0.3, -0.25) is 4.79 Å². The Bertz CT molecular complexity index is 734. The second-order valence-electron chi connectivity index (χ2n) is 4.64. The predicted molar refractivity (Wildman–Crippen MR) is 89.6 cm³/mol. The number of halogens is 1. The molecule has 2 aromatic rings. The van der Waals surface area contributed by atoms with Crippen LogP contribution in [-0.4, -0.2) is 5.91 Å². The molecule has 0 saturated carbocycles. The molecule has 0 saturated heterocycles. The Labute approximate surface area is 136 Å². The van der Waals surface area contributed by atoms with Crippen molar-refractivity contribution in [3.8, 4) is 6.07 Å². The van der Waals surface area contributed by atoms with Crippen molar-refractivity contribution in [3.05, 3.63) is 56.6 Å². The van der Waals surface area contributed by atoms with Gasteiger partial charge in [-0.05, 0) is 71.8 Å². The summed E-state index contributed by atoms with van der Waals surface area (Å²) in [6.45, 7) is 3.91. The van der Waals surface area contributed by atoms with Crippen LogP contribution in [-0.2, 0) is 4.79 Å². The molecule has 0 atom stereocenters. The van der Waals surface area contributed by atoms with Crippen LogP contribution in [0.4, 0.5) is 5.69 Å². The summed E-state index contributed by atoms with van der Waals surface area (Å²) in [7, 11) is 0. The molecule has 0 aliphatic carbocycles. The van der Waals surface area contributed by atoms with Crippen molar-refractivity contribution in [2.24, 2.45) is 0 Å². The number of aryl methyl sites for hydroxylation is 2. The molecule has 0 spiro atoms. The third kappa shape index (κ3) is 4.20. The highest BCUT2D eigenvalue weighted by Gasteiger charge is 2.11. The van der Waals surface area contributed by atoms with E-state index in [1.807, 2.05) is 60.7 Å². The van der Waals surface area contributed by atoms with E-state index in [-0.39, 0.29) is 5.57 Å². The first kappa shape index (κ1) is 15.3. The number of rotatable bonds is 3. The smallest absolute Gasteiger partial charge is 0.266 e. The Morgan fingerprint density at radius 3 is 2.48 bits per heavy atom. The molecule has 21 heavy (non-hydrogen) atoms. The monoisotopic (exact) mass is 392 g/mol. The Kier molecular flexibility index (Phi) is 4.81. The number of hydrogen-bond acceptors (Lipinski definition) is 3. The molecule has 4 nitrogen and oxygen atoms in total. The first-order valence-corrected chi connectivity index (χ1v) is 7.32. The average Bonchev–Trinajstić information content (AvgIpc) is 2.80. The maximum Gasteiger partial charge on any atom is 0.266 e. The summed E-state index contributed by atoms with van der Waals surface area (Å²) in [5.74, 6) is 0.0282.